The average Bonchev–Trinajstić information content (AvgIpc) is 2.56. The Morgan fingerprint density at radius 2 is 1.71 bits per heavy atom. The molecule has 0 aliphatic heterocycles. The van der Waals surface area contributed by atoms with E-state index in [4.69, 9.17) is 4.74 Å². The van der Waals surface area contributed by atoms with E-state index in [2.05, 4.69) is 36.5 Å². The molecule has 0 spiro atoms. The second kappa shape index (κ2) is 7.31. The fraction of sp³-hybridized carbons (Fsp3) is 0.111. The van der Waals surface area contributed by atoms with Crippen molar-refractivity contribution in [2.24, 2.45) is 0 Å². The van der Waals surface area contributed by atoms with Gasteiger partial charge in [0.05, 0.1) is 7.11 Å². The van der Waals surface area contributed by atoms with Gasteiger partial charge in [0.2, 0.25) is 5.95 Å². The van der Waals surface area contributed by atoms with E-state index < -0.39 is 0 Å². The zero-order valence-electron chi connectivity index (χ0n) is 13.4. The number of benzene rings is 2. The first-order valence-electron chi connectivity index (χ1n) is 7.42. The molecule has 0 aliphatic rings. The van der Waals surface area contributed by atoms with Gasteiger partial charge >= 0.3 is 0 Å². The van der Waals surface area contributed by atoms with Crippen molar-refractivity contribution in [3.63, 3.8) is 0 Å². The summed E-state index contributed by atoms with van der Waals surface area (Å²) in [5.41, 5.74) is 2.70. The minimum Gasteiger partial charge on any atom is -0.497 e. The third-order valence-corrected chi connectivity index (χ3v) is 3.83. The molecule has 1 heterocycles. The van der Waals surface area contributed by atoms with Gasteiger partial charge < -0.3 is 15.4 Å². The first-order chi connectivity index (χ1) is 11.6. The van der Waals surface area contributed by atoms with Crippen LogP contribution in [0, 0.1) is 6.92 Å². The lowest BCUT2D eigenvalue weighted by Gasteiger charge is -2.10. The maximum atomic E-state index is 5.23. The fourth-order valence-electron chi connectivity index (χ4n) is 2.20. The summed E-state index contributed by atoms with van der Waals surface area (Å²) in [5, 5.41) is 6.49. The number of anilines is 4. The van der Waals surface area contributed by atoms with Crippen LogP contribution in [0.5, 0.6) is 5.75 Å². The van der Waals surface area contributed by atoms with E-state index in [1.165, 1.54) is 0 Å². The van der Waals surface area contributed by atoms with Gasteiger partial charge in [-0.1, -0.05) is 22.0 Å². The smallest absolute Gasteiger partial charge is 0.229 e. The van der Waals surface area contributed by atoms with Crippen molar-refractivity contribution in [1.29, 1.82) is 0 Å². The second-order valence-electron chi connectivity index (χ2n) is 5.21. The summed E-state index contributed by atoms with van der Waals surface area (Å²) in [6, 6.07) is 17.5. The molecule has 1 aromatic heterocycles. The van der Waals surface area contributed by atoms with E-state index in [-0.39, 0.29) is 0 Å². The summed E-state index contributed by atoms with van der Waals surface area (Å²) in [4.78, 5) is 8.95. The van der Waals surface area contributed by atoms with Crippen LogP contribution in [0.3, 0.4) is 0 Å². The number of nitrogens with one attached hydrogen (secondary N) is 2. The Morgan fingerprint density at radius 1 is 0.917 bits per heavy atom. The van der Waals surface area contributed by atoms with E-state index in [1.54, 1.807) is 7.11 Å². The zero-order chi connectivity index (χ0) is 16.9. The van der Waals surface area contributed by atoms with Crippen molar-refractivity contribution in [2.75, 3.05) is 17.7 Å². The van der Waals surface area contributed by atoms with E-state index in [1.807, 2.05) is 61.5 Å². The average molecular weight is 385 g/mol. The van der Waals surface area contributed by atoms with Crippen LogP contribution < -0.4 is 15.4 Å². The lowest BCUT2D eigenvalue weighted by molar-refractivity contribution is 0.415. The Morgan fingerprint density at radius 3 is 2.46 bits per heavy atom. The lowest BCUT2D eigenvalue weighted by atomic mass is 10.3. The largest absolute Gasteiger partial charge is 0.497 e. The van der Waals surface area contributed by atoms with Gasteiger partial charge in [0.1, 0.15) is 11.6 Å². The summed E-state index contributed by atoms with van der Waals surface area (Å²) in [7, 11) is 1.64. The Hall–Kier alpha value is -2.60. The summed E-state index contributed by atoms with van der Waals surface area (Å²) in [6.07, 6.45) is 0. The van der Waals surface area contributed by atoms with Gasteiger partial charge in [0.25, 0.3) is 0 Å². The number of aryl methyl sites for hydroxylation is 1. The summed E-state index contributed by atoms with van der Waals surface area (Å²) >= 11 is 3.43. The van der Waals surface area contributed by atoms with Crippen molar-refractivity contribution in [2.45, 2.75) is 6.92 Å². The van der Waals surface area contributed by atoms with E-state index in [0.717, 1.165) is 33.1 Å². The van der Waals surface area contributed by atoms with Crippen molar-refractivity contribution in [1.82, 2.24) is 9.97 Å². The predicted octanol–water partition coefficient (Wildman–Crippen LogP) is 5.04. The lowest BCUT2D eigenvalue weighted by Crippen LogP contribution is -2.02. The van der Waals surface area contributed by atoms with Crippen molar-refractivity contribution in [3.05, 3.63) is 64.8 Å². The fourth-order valence-corrected chi connectivity index (χ4v) is 2.46. The quantitative estimate of drug-likeness (QED) is 0.644. The van der Waals surface area contributed by atoms with Crippen LogP contribution >= 0.6 is 15.9 Å². The molecule has 122 valence electrons. The highest BCUT2D eigenvalue weighted by Crippen LogP contribution is 2.22. The molecule has 0 radical (unpaired) electrons. The number of methoxy groups -OCH3 is 1. The number of nitrogens with zero attached hydrogens (tertiary/aromatic N) is 2. The maximum Gasteiger partial charge on any atom is 0.229 e. The van der Waals surface area contributed by atoms with E-state index in [0.29, 0.717) is 5.95 Å². The number of hydrogen-bond acceptors (Lipinski definition) is 5. The molecule has 0 bridgehead atoms. The van der Waals surface area contributed by atoms with Gasteiger partial charge in [-0.05, 0) is 43.3 Å². The molecule has 0 aliphatic carbocycles. The summed E-state index contributed by atoms with van der Waals surface area (Å²) in [5.74, 6) is 2.04. The van der Waals surface area contributed by atoms with Crippen LogP contribution in [-0.4, -0.2) is 17.1 Å². The van der Waals surface area contributed by atoms with Crippen molar-refractivity contribution >= 4 is 39.1 Å². The van der Waals surface area contributed by atoms with Gasteiger partial charge in [0.15, 0.2) is 0 Å². The number of aromatic nitrogens is 2. The third kappa shape index (κ3) is 4.23. The van der Waals surface area contributed by atoms with E-state index >= 15 is 0 Å². The second-order valence-corrected chi connectivity index (χ2v) is 6.12. The molecule has 0 amide bonds. The third-order valence-electron chi connectivity index (χ3n) is 3.30. The van der Waals surface area contributed by atoms with Crippen molar-refractivity contribution in [3.8, 4) is 5.75 Å². The van der Waals surface area contributed by atoms with Gasteiger partial charge in [-0.2, -0.15) is 4.98 Å². The summed E-state index contributed by atoms with van der Waals surface area (Å²) in [6.45, 7) is 1.94. The summed E-state index contributed by atoms with van der Waals surface area (Å²) < 4.78 is 6.27. The normalized spacial score (nSPS) is 10.3. The molecule has 2 N–H and O–H groups in total. The van der Waals surface area contributed by atoms with Gasteiger partial charge in [-0.25, -0.2) is 4.98 Å². The molecule has 3 aromatic rings. The molecule has 0 atom stereocenters. The first kappa shape index (κ1) is 16.3. The van der Waals surface area contributed by atoms with Crippen LogP contribution in [0.2, 0.25) is 0 Å². The van der Waals surface area contributed by atoms with Crippen LogP contribution in [0.25, 0.3) is 0 Å². The highest BCUT2D eigenvalue weighted by Gasteiger charge is 2.04. The van der Waals surface area contributed by atoms with Crippen molar-refractivity contribution < 1.29 is 4.74 Å². The molecule has 5 nitrogen and oxygen atoms in total. The van der Waals surface area contributed by atoms with Crippen LogP contribution in [0.15, 0.2) is 59.1 Å². The number of rotatable bonds is 5. The van der Waals surface area contributed by atoms with Crippen LogP contribution in [0.1, 0.15) is 5.69 Å². The molecular weight excluding hydrogens is 368 g/mol. The molecule has 3 rings (SSSR count). The molecule has 0 unspecified atom stereocenters. The molecule has 2 aromatic carbocycles. The molecular formula is C18H17BrN4O. The van der Waals surface area contributed by atoms with Gasteiger partial charge in [-0.3, -0.25) is 0 Å². The Kier molecular flexibility index (Phi) is 4.96. The first-order valence-corrected chi connectivity index (χ1v) is 8.21. The van der Waals surface area contributed by atoms with E-state index in [9.17, 15) is 0 Å². The Labute approximate surface area is 149 Å². The van der Waals surface area contributed by atoms with Crippen LogP contribution in [0.4, 0.5) is 23.1 Å². The topological polar surface area (TPSA) is 59.1 Å². The SMILES string of the molecule is COc1cccc(Nc2nc(C)cc(Nc3ccc(Br)cc3)n2)c1. The Bertz CT molecular complexity index is 837. The molecule has 6 heteroatoms. The monoisotopic (exact) mass is 384 g/mol. The number of ether oxygens (including phenoxy) is 1. The molecule has 24 heavy (non-hydrogen) atoms. The number of hydrogen-bond donors (Lipinski definition) is 2. The van der Waals surface area contributed by atoms with Gasteiger partial charge in [-0.15, -0.1) is 0 Å². The minimum atomic E-state index is 0.530. The minimum absolute atomic E-state index is 0.530. The molecule has 0 saturated heterocycles. The standard InChI is InChI=1S/C18H17BrN4O/c1-12-10-17(21-14-8-6-13(19)7-9-14)23-18(20-12)22-15-4-3-5-16(11-15)24-2/h3-11H,1-2H3,(H2,20,21,22,23). The van der Waals surface area contributed by atoms with Crippen LogP contribution in [-0.2, 0) is 0 Å². The molecule has 0 fully saturated rings. The maximum absolute atomic E-state index is 5.23. The zero-order valence-corrected chi connectivity index (χ0v) is 15.0. The molecule has 0 saturated carbocycles. The Balaban J connectivity index is 1.81. The van der Waals surface area contributed by atoms with Gasteiger partial charge in [0, 0.05) is 33.7 Å². The number of halogens is 1. The predicted molar refractivity (Wildman–Crippen MR) is 100 cm³/mol. The highest BCUT2D eigenvalue weighted by atomic mass is 79.9. The highest BCUT2D eigenvalue weighted by molar-refractivity contribution is 9.10.